The third kappa shape index (κ3) is 3.96. The molecule has 1 amide bonds. The molecule has 1 aromatic rings. The second kappa shape index (κ2) is 6.79. The van der Waals surface area contributed by atoms with Crippen molar-refractivity contribution in [1.82, 2.24) is 4.90 Å². The van der Waals surface area contributed by atoms with Gasteiger partial charge in [-0.1, -0.05) is 18.2 Å². The van der Waals surface area contributed by atoms with Gasteiger partial charge in [-0.3, -0.25) is 4.90 Å². The Morgan fingerprint density at radius 2 is 1.96 bits per heavy atom. The average Bonchev–Trinajstić information content (AvgIpc) is 2.72. The molecule has 1 aromatic carbocycles. The van der Waals surface area contributed by atoms with Crippen LogP contribution in [0.3, 0.4) is 0 Å². The van der Waals surface area contributed by atoms with Gasteiger partial charge in [0.15, 0.2) is 0 Å². The number of benzene rings is 1. The van der Waals surface area contributed by atoms with Crippen LogP contribution in [0.5, 0.6) is 5.75 Å². The maximum absolute atomic E-state index is 12.4. The van der Waals surface area contributed by atoms with Crippen LogP contribution in [0.2, 0.25) is 0 Å². The molecular weight excluding hydrogens is 294 g/mol. The third-order valence-electron chi connectivity index (χ3n) is 4.11. The van der Waals surface area contributed by atoms with Gasteiger partial charge in [0.05, 0.1) is 25.9 Å². The van der Waals surface area contributed by atoms with Crippen LogP contribution in [0.25, 0.3) is 0 Å². The molecule has 2 rings (SSSR count). The SMILES string of the molecule is COc1ccccc1CCCOC(=O)N1C(C)(C)COC1(C)C. The van der Waals surface area contributed by atoms with Gasteiger partial charge in [0.2, 0.25) is 0 Å². The highest BCUT2D eigenvalue weighted by molar-refractivity contribution is 5.69. The van der Waals surface area contributed by atoms with E-state index in [1.807, 2.05) is 52.0 Å². The molecule has 0 aliphatic carbocycles. The molecule has 128 valence electrons. The summed E-state index contributed by atoms with van der Waals surface area (Å²) in [5.41, 5.74) is 0.128. The van der Waals surface area contributed by atoms with E-state index in [1.165, 1.54) is 0 Å². The van der Waals surface area contributed by atoms with E-state index < -0.39 is 5.72 Å². The first-order chi connectivity index (χ1) is 10.8. The molecule has 1 aliphatic heterocycles. The fourth-order valence-electron chi connectivity index (χ4n) is 3.07. The highest BCUT2D eigenvalue weighted by Gasteiger charge is 2.49. The van der Waals surface area contributed by atoms with Gasteiger partial charge in [-0.25, -0.2) is 4.79 Å². The molecule has 0 aromatic heterocycles. The number of amides is 1. The summed E-state index contributed by atoms with van der Waals surface area (Å²) in [5, 5.41) is 0. The number of aryl methyl sites for hydroxylation is 1. The minimum Gasteiger partial charge on any atom is -0.496 e. The summed E-state index contributed by atoms with van der Waals surface area (Å²) in [6.45, 7) is 8.63. The Bertz CT molecular complexity index is 538. The molecule has 1 fully saturated rings. The molecule has 0 spiro atoms. The second-order valence-electron chi connectivity index (χ2n) is 6.91. The lowest BCUT2D eigenvalue weighted by atomic mass is 10.0. The molecule has 1 aliphatic rings. The van der Waals surface area contributed by atoms with Crippen LogP contribution >= 0.6 is 0 Å². The van der Waals surface area contributed by atoms with Crippen molar-refractivity contribution in [3.05, 3.63) is 29.8 Å². The molecule has 5 nitrogen and oxygen atoms in total. The van der Waals surface area contributed by atoms with Crippen molar-refractivity contribution < 1.29 is 19.0 Å². The van der Waals surface area contributed by atoms with Crippen LogP contribution in [0, 0.1) is 0 Å². The summed E-state index contributed by atoms with van der Waals surface area (Å²) in [4.78, 5) is 14.1. The highest BCUT2D eigenvalue weighted by atomic mass is 16.6. The predicted octanol–water partition coefficient (Wildman–Crippen LogP) is 3.61. The fraction of sp³-hybridized carbons (Fsp3) is 0.611. The third-order valence-corrected chi connectivity index (χ3v) is 4.11. The zero-order valence-electron chi connectivity index (χ0n) is 14.7. The topological polar surface area (TPSA) is 48.0 Å². The van der Waals surface area contributed by atoms with E-state index in [0.717, 1.165) is 24.2 Å². The van der Waals surface area contributed by atoms with Crippen LogP contribution in [-0.2, 0) is 15.9 Å². The maximum atomic E-state index is 12.4. The minimum absolute atomic E-state index is 0.322. The standard InChI is InChI=1S/C18H27NO4/c1-17(2)13-23-18(3,4)19(17)16(20)22-12-8-10-14-9-6-7-11-15(14)21-5/h6-7,9,11H,8,10,12-13H2,1-5H3. The lowest BCUT2D eigenvalue weighted by Crippen LogP contribution is -2.52. The van der Waals surface area contributed by atoms with Crippen LogP contribution in [0.4, 0.5) is 4.79 Å². The maximum Gasteiger partial charge on any atom is 0.412 e. The average molecular weight is 321 g/mol. The van der Waals surface area contributed by atoms with E-state index in [0.29, 0.717) is 13.2 Å². The van der Waals surface area contributed by atoms with Gasteiger partial charge in [0.25, 0.3) is 0 Å². The fourth-order valence-corrected chi connectivity index (χ4v) is 3.07. The first-order valence-electron chi connectivity index (χ1n) is 8.01. The van der Waals surface area contributed by atoms with Gasteiger partial charge in [-0.2, -0.15) is 0 Å². The van der Waals surface area contributed by atoms with Gasteiger partial charge >= 0.3 is 6.09 Å². The summed E-state index contributed by atoms with van der Waals surface area (Å²) in [5.74, 6) is 0.869. The first-order valence-corrected chi connectivity index (χ1v) is 8.01. The Kier molecular flexibility index (Phi) is 5.19. The van der Waals surface area contributed by atoms with Gasteiger partial charge in [-0.15, -0.1) is 0 Å². The van der Waals surface area contributed by atoms with Gasteiger partial charge < -0.3 is 14.2 Å². The molecule has 0 N–H and O–H groups in total. The number of rotatable bonds is 5. The number of methoxy groups -OCH3 is 1. The number of ether oxygens (including phenoxy) is 3. The van der Waals surface area contributed by atoms with E-state index in [2.05, 4.69) is 0 Å². The molecule has 0 saturated carbocycles. The first kappa shape index (κ1) is 17.6. The van der Waals surface area contributed by atoms with Gasteiger partial charge in [0, 0.05) is 0 Å². The van der Waals surface area contributed by atoms with E-state index in [4.69, 9.17) is 14.2 Å². The van der Waals surface area contributed by atoms with Crippen molar-refractivity contribution in [3.8, 4) is 5.75 Å². The molecule has 0 bridgehead atoms. The summed E-state index contributed by atoms with van der Waals surface area (Å²) in [6, 6.07) is 7.89. The van der Waals surface area contributed by atoms with E-state index >= 15 is 0 Å². The Morgan fingerprint density at radius 1 is 1.26 bits per heavy atom. The number of hydrogen-bond donors (Lipinski definition) is 0. The molecule has 1 heterocycles. The van der Waals surface area contributed by atoms with Gasteiger partial charge in [-0.05, 0) is 52.2 Å². The lowest BCUT2D eigenvalue weighted by Gasteiger charge is -2.36. The van der Waals surface area contributed by atoms with Crippen molar-refractivity contribution in [2.45, 2.75) is 51.8 Å². The normalized spacial score (nSPS) is 18.7. The Morgan fingerprint density at radius 3 is 2.57 bits per heavy atom. The van der Waals surface area contributed by atoms with Crippen molar-refractivity contribution in [1.29, 1.82) is 0 Å². The Hall–Kier alpha value is -1.75. The van der Waals surface area contributed by atoms with E-state index in [9.17, 15) is 4.79 Å². The van der Waals surface area contributed by atoms with Crippen LogP contribution < -0.4 is 4.74 Å². The molecule has 1 saturated heterocycles. The second-order valence-corrected chi connectivity index (χ2v) is 6.91. The molecule has 0 radical (unpaired) electrons. The summed E-state index contributed by atoms with van der Waals surface area (Å²) in [6.07, 6.45) is 1.24. The Labute approximate surface area is 138 Å². The largest absolute Gasteiger partial charge is 0.496 e. The molecule has 0 unspecified atom stereocenters. The minimum atomic E-state index is -0.636. The number of para-hydroxylation sites is 1. The van der Waals surface area contributed by atoms with E-state index in [1.54, 1.807) is 12.0 Å². The van der Waals surface area contributed by atoms with Crippen LogP contribution in [0.1, 0.15) is 39.7 Å². The number of hydrogen-bond acceptors (Lipinski definition) is 4. The molecule has 0 atom stereocenters. The van der Waals surface area contributed by atoms with Crippen molar-refractivity contribution in [3.63, 3.8) is 0 Å². The van der Waals surface area contributed by atoms with E-state index in [-0.39, 0.29) is 11.6 Å². The molecular formula is C18H27NO4. The summed E-state index contributed by atoms with van der Waals surface area (Å²) in [7, 11) is 1.66. The highest BCUT2D eigenvalue weighted by Crippen LogP contribution is 2.35. The lowest BCUT2D eigenvalue weighted by molar-refractivity contribution is -0.0518. The zero-order chi connectivity index (χ0) is 17.1. The van der Waals surface area contributed by atoms with Crippen LogP contribution in [0.15, 0.2) is 24.3 Å². The zero-order valence-corrected chi connectivity index (χ0v) is 14.7. The smallest absolute Gasteiger partial charge is 0.412 e. The van der Waals surface area contributed by atoms with Crippen molar-refractivity contribution >= 4 is 6.09 Å². The van der Waals surface area contributed by atoms with Gasteiger partial charge in [0.1, 0.15) is 11.5 Å². The summed E-state index contributed by atoms with van der Waals surface area (Å²) < 4.78 is 16.5. The molecule has 5 heteroatoms. The summed E-state index contributed by atoms with van der Waals surface area (Å²) >= 11 is 0. The molecule has 23 heavy (non-hydrogen) atoms. The van der Waals surface area contributed by atoms with Crippen LogP contribution in [-0.4, -0.2) is 42.6 Å². The number of carbonyl (C=O) groups excluding carboxylic acids is 1. The monoisotopic (exact) mass is 321 g/mol. The van der Waals surface area contributed by atoms with Crippen molar-refractivity contribution in [2.24, 2.45) is 0 Å². The van der Waals surface area contributed by atoms with Crippen molar-refractivity contribution in [2.75, 3.05) is 20.3 Å². The predicted molar refractivity (Wildman–Crippen MR) is 88.6 cm³/mol. The number of nitrogens with zero attached hydrogens (tertiary/aromatic N) is 1. The Balaban J connectivity index is 1.85. The number of carbonyl (C=O) groups is 1. The quantitative estimate of drug-likeness (QED) is 0.777.